The molecule has 0 aliphatic heterocycles. The Morgan fingerprint density at radius 3 is 1.90 bits per heavy atom. The number of nitrogens with zero attached hydrogens (tertiary/aromatic N) is 4. The molecule has 0 spiro atoms. The SMILES string of the molecule is CCCc1cc(Cl)c(/N=N/c2ccc(N(CC)CC[N+](CC)(CC)CC)cc2)c(Cl)c1. The van der Waals surface area contributed by atoms with Crippen molar-refractivity contribution in [1.29, 1.82) is 0 Å². The minimum absolute atomic E-state index is 0.523. The second kappa shape index (κ2) is 12.4. The van der Waals surface area contributed by atoms with Gasteiger partial charge in [0.1, 0.15) is 5.69 Å². The van der Waals surface area contributed by atoms with Crippen LogP contribution in [0.2, 0.25) is 10.0 Å². The van der Waals surface area contributed by atoms with Crippen molar-refractivity contribution in [2.45, 2.75) is 47.5 Å². The molecule has 6 heteroatoms. The molecule has 0 aliphatic rings. The van der Waals surface area contributed by atoms with Gasteiger partial charge in [-0.15, -0.1) is 5.11 Å². The van der Waals surface area contributed by atoms with Crippen molar-refractivity contribution in [1.82, 2.24) is 0 Å². The Bertz CT molecular complexity index is 814. The highest BCUT2D eigenvalue weighted by atomic mass is 35.5. The van der Waals surface area contributed by atoms with Crippen LogP contribution in [0.25, 0.3) is 0 Å². The first-order chi connectivity index (χ1) is 14.9. The fourth-order valence-electron chi connectivity index (χ4n) is 3.93. The monoisotopic (exact) mass is 463 g/mol. The van der Waals surface area contributed by atoms with E-state index in [1.165, 1.54) is 25.3 Å². The molecular formula is C25H37Cl2N4+. The Kier molecular flexibility index (Phi) is 10.3. The second-order valence-corrected chi connectivity index (χ2v) is 8.78. The number of rotatable bonds is 12. The molecule has 4 nitrogen and oxygen atoms in total. The van der Waals surface area contributed by atoms with Crippen LogP contribution in [0.1, 0.15) is 46.6 Å². The smallest absolute Gasteiger partial charge is 0.123 e. The molecule has 0 fully saturated rings. The summed E-state index contributed by atoms with van der Waals surface area (Å²) >= 11 is 12.8. The van der Waals surface area contributed by atoms with Crippen LogP contribution in [0, 0.1) is 0 Å². The van der Waals surface area contributed by atoms with Crippen molar-refractivity contribution in [3.8, 4) is 0 Å². The summed E-state index contributed by atoms with van der Waals surface area (Å²) in [4.78, 5) is 2.43. The van der Waals surface area contributed by atoms with Gasteiger partial charge in [-0.2, -0.15) is 5.11 Å². The largest absolute Gasteiger partial charge is 0.366 e. The predicted octanol–water partition coefficient (Wildman–Crippen LogP) is 8.06. The summed E-state index contributed by atoms with van der Waals surface area (Å²) in [5, 5.41) is 9.76. The van der Waals surface area contributed by atoms with Gasteiger partial charge < -0.3 is 9.38 Å². The lowest BCUT2D eigenvalue weighted by molar-refractivity contribution is -0.921. The van der Waals surface area contributed by atoms with Gasteiger partial charge in [-0.3, -0.25) is 0 Å². The second-order valence-electron chi connectivity index (χ2n) is 7.97. The first-order valence-electron chi connectivity index (χ1n) is 11.5. The molecule has 0 radical (unpaired) electrons. The van der Waals surface area contributed by atoms with E-state index in [4.69, 9.17) is 23.2 Å². The molecule has 31 heavy (non-hydrogen) atoms. The number of quaternary nitrogens is 1. The maximum absolute atomic E-state index is 6.38. The van der Waals surface area contributed by atoms with Crippen LogP contribution in [0.5, 0.6) is 0 Å². The van der Waals surface area contributed by atoms with Gasteiger partial charge in [0, 0.05) is 12.2 Å². The van der Waals surface area contributed by atoms with E-state index in [1.54, 1.807) is 0 Å². The molecule has 0 saturated carbocycles. The summed E-state index contributed by atoms with van der Waals surface area (Å²) in [5.74, 6) is 0. The van der Waals surface area contributed by atoms with Crippen LogP contribution in [0.3, 0.4) is 0 Å². The number of azo groups is 1. The average Bonchev–Trinajstić information content (AvgIpc) is 2.78. The first-order valence-corrected chi connectivity index (χ1v) is 12.3. The lowest BCUT2D eigenvalue weighted by Crippen LogP contribution is -2.51. The van der Waals surface area contributed by atoms with E-state index in [-0.39, 0.29) is 0 Å². The van der Waals surface area contributed by atoms with Crippen molar-refractivity contribution in [3.63, 3.8) is 0 Å². The highest BCUT2D eigenvalue weighted by Gasteiger charge is 2.21. The molecule has 0 unspecified atom stereocenters. The van der Waals surface area contributed by atoms with E-state index in [0.29, 0.717) is 15.7 Å². The summed E-state index contributed by atoms with van der Waals surface area (Å²) in [7, 11) is 0. The Morgan fingerprint density at radius 1 is 0.839 bits per heavy atom. The van der Waals surface area contributed by atoms with Crippen molar-refractivity contribution in [2.75, 3.05) is 44.2 Å². The topological polar surface area (TPSA) is 28.0 Å². The van der Waals surface area contributed by atoms with Gasteiger partial charge in [-0.05, 0) is 76.1 Å². The lowest BCUT2D eigenvalue weighted by atomic mass is 10.1. The highest BCUT2D eigenvalue weighted by Crippen LogP contribution is 2.36. The molecule has 2 aromatic rings. The molecule has 0 aliphatic carbocycles. The first kappa shape index (κ1) is 25.6. The van der Waals surface area contributed by atoms with Crippen molar-refractivity contribution >= 4 is 40.3 Å². The van der Waals surface area contributed by atoms with Crippen molar-refractivity contribution in [2.24, 2.45) is 10.2 Å². The molecule has 0 amide bonds. The van der Waals surface area contributed by atoms with E-state index in [0.717, 1.165) is 48.2 Å². The molecular weight excluding hydrogens is 427 g/mol. The number of hydrogen-bond acceptors (Lipinski definition) is 3. The zero-order valence-electron chi connectivity index (χ0n) is 19.7. The minimum Gasteiger partial charge on any atom is -0.366 e. The molecule has 0 saturated heterocycles. The van der Waals surface area contributed by atoms with Gasteiger partial charge >= 0.3 is 0 Å². The Labute approximate surface area is 198 Å². The van der Waals surface area contributed by atoms with Crippen LogP contribution >= 0.6 is 23.2 Å². The Hall–Kier alpha value is -1.62. The van der Waals surface area contributed by atoms with E-state index in [1.807, 2.05) is 24.3 Å². The predicted molar refractivity (Wildman–Crippen MR) is 136 cm³/mol. The molecule has 2 rings (SSSR count). The van der Waals surface area contributed by atoms with E-state index >= 15 is 0 Å². The van der Waals surface area contributed by atoms with Crippen molar-refractivity contribution < 1.29 is 4.48 Å². The number of anilines is 1. The zero-order chi connectivity index (χ0) is 22.9. The Balaban J connectivity index is 2.10. The third-order valence-electron chi connectivity index (χ3n) is 6.33. The molecule has 0 bridgehead atoms. The van der Waals surface area contributed by atoms with Gasteiger partial charge in [0.05, 0.1) is 48.5 Å². The van der Waals surface area contributed by atoms with Crippen LogP contribution in [-0.2, 0) is 6.42 Å². The van der Waals surface area contributed by atoms with Gasteiger partial charge in [0.2, 0.25) is 0 Å². The molecule has 0 aromatic heterocycles. The van der Waals surface area contributed by atoms with Crippen LogP contribution in [-0.4, -0.2) is 43.8 Å². The third kappa shape index (κ3) is 6.93. The van der Waals surface area contributed by atoms with Gasteiger partial charge in [-0.25, -0.2) is 0 Å². The quantitative estimate of drug-likeness (QED) is 0.231. The van der Waals surface area contributed by atoms with E-state index in [9.17, 15) is 0 Å². The fraction of sp³-hybridized carbons (Fsp3) is 0.520. The summed E-state index contributed by atoms with van der Waals surface area (Å²) in [6, 6.07) is 12.1. The van der Waals surface area contributed by atoms with Gasteiger partial charge in [-0.1, -0.05) is 36.5 Å². The zero-order valence-corrected chi connectivity index (χ0v) is 21.2. The molecule has 0 N–H and O–H groups in total. The number of aryl methyl sites for hydroxylation is 1. The molecule has 2 aromatic carbocycles. The van der Waals surface area contributed by atoms with E-state index in [2.05, 4.69) is 61.9 Å². The number of benzene rings is 2. The standard InChI is InChI=1S/C25H37Cl2N4/c1-6-11-20-18-23(26)25(24(27)19-20)29-28-21-12-14-22(15-13-21)30(7-2)16-17-31(8-3,9-4)10-5/h12-15,18-19H,6-11,16-17H2,1-5H3/q+1/b29-28+. The fourth-order valence-corrected chi connectivity index (χ4v) is 4.54. The van der Waals surface area contributed by atoms with Gasteiger partial charge in [0.15, 0.2) is 0 Å². The molecule has 170 valence electrons. The van der Waals surface area contributed by atoms with Gasteiger partial charge in [0.25, 0.3) is 0 Å². The average molecular weight is 465 g/mol. The minimum atomic E-state index is 0.523. The number of likely N-dealkylation sites (N-methyl/N-ethyl adjacent to an activating group) is 2. The molecule has 0 atom stereocenters. The Morgan fingerprint density at radius 2 is 1.42 bits per heavy atom. The van der Waals surface area contributed by atoms with E-state index < -0.39 is 0 Å². The van der Waals surface area contributed by atoms with Crippen LogP contribution < -0.4 is 4.90 Å². The maximum Gasteiger partial charge on any atom is 0.123 e. The lowest BCUT2D eigenvalue weighted by Gasteiger charge is -2.38. The van der Waals surface area contributed by atoms with Crippen LogP contribution in [0.4, 0.5) is 17.1 Å². The summed E-state index contributed by atoms with van der Waals surface area (Å²) in [6.07, 6.45) is 1.99. The normalized spacial score (nSPS) is 12.0. The van der Waals surface area contributed by atoms with Crippen molar-refractivity contribution in [3.05, 3.63) is 52.0 Å². The summed E-state index contributed by atoms with van der Waals surface area (Å²) < 4.78 is 1.15. The van der Waals surface area contributed by atoms with Crippen LogP contribution in [0.15, 0.2) is 46.6 Å². The molecule has 0 heterocycles. The number of halogens is 2. The third-order valence-corrected chi connectivity index (χ3v) is 6.91. The summed E-state index contributed by atoms with van der Waals surface area (Å²) in [6.45, 7) is 17.9. The highest BCUT2D eigenvalue weighted by molar-refractivity contribution is 6.38. The summed E-state index contributed by atoms with van der Waals surface area (Å²) in [5.41, 5.74) is 3.64. The maximum atomic E-state index is 6.38. The number of hydrogen-bond donors (Lipinski definition) is 0.